The van der Waals surface area contributed by atoms with E-state index in [1.165, 1.54) is 36.1 Å². The number of aliphatic carboxylic acids is 2. The first-order chi connectivity index (χ1) is 70.5. The number of carboxylic acid groups (broad SMARTS) is 2. The van der Waals surface area contributed by atoms with Crippen LogP contribution < -0.4 is 46.9 Å². The van der Waals surface area contributed by atoms with Crippen LogP contribution in [0.3, 0.4) is 0 Å². The number of hydrogen-bond acceptors (Lipinski definition) is 30. The van der Waals surface area contributed by atoms with Gasteiger partial charge in [0.15, 0.2) is 6.10 Å². The number of anilines is 2. The summed E-state index contributed by atoms with van der Waals surface area (Å²) in [6, 6.07) is 22.4. The largest absolute Gasteiger partial charge is 0.479 e. The molecule has 1 saturated carbocycles. The molecule has 12 N–H and O–H groups in total. The Kier molecular flexibility index (Phi) is 53.4. The predicted octanol–water partition coefficient (Wildman–Crippen LogP) is 5.87. The molecule has 1 spiro atoms. The number of aliphatic hydroxyl groups is 3. The number of benzene rings is 4. The highest BCUT2D eigenvalue weighted by Crippen LogP contribution is 2.47. The molecule has 3 aliphatic heterocycles. The van der Waals surface area contributed by atoms with Crippen LogP contribution in [0.4, 0.5) is 16.2 Å². The van der Waals surface area contributed by atoms with Crippen molar-refractivity contribution in [3.05, 3.63) is 136 Å². The number of ether oxygens (including phenoxy) is 15. The maximum atomic E-state index is 14.5. The van der Waals surface area contributed by atoms with Crippen LogP contribution in [0.1, 0.15) is 166 Å². The van der Waals surface area contributed by atoms with Crippen LogP contribution in [0.2, 0.25) is 0 Å². The van der Waals surface area contributed by atoms with Gasteiger partial charge in [0.25, 0.3) is 0 Å². The van der Waals surface area contributed by atoms with Crippen LogP contribution >= 0.6 is 0 Å². The van der Waals surface area contributed by atoms with Gasteiger partial charge in [0.2, 0.25) is 53.5 Å². The fraction of sp³-hybridized carbons (Fsp3) is 0.632. The van der Waals surface area contributed by atoms with Crippen molar-refractivity contribution < 1.29 is 149 Å². The number of carboxylic acids is 2. The number of para-hydroxylation sites is 1. The molecule has 2 saturated heterocycles. The molecule has 41 nitrogen and oxygen atoms in total. The summed E-state index contributed by atoms with van der Waals surface area (Å²) in [5.74, 6) is -0.308. The van der Waals surface area contributed by atoms with Crippen molar-refractivity contribution in [2.45, 2.75) is 212 Å². The second-order valence-electron chi connectivity index (χ2n) is 38.6. The summed E-state index contributed by atoms with van der Waals surface area (Å²) >= 11 is 0. The van der Waals surface area contributed by atoms with Gasteiger partial charge in [-0.3, -0.25) is 43.7 Å². The van der Waals surface area contributed by atoms with Crippen molar-refractivity contribution in [3.63, 3.8) is 0 Å². The molecule has 147 heavy (non-hydrogen) atoms. The highest BCUT2D eigenvalue weighted by Gasteiger charge is 2.49. The second-order valence-corrected chi connectivity index (χ2v) is 38.6. The summed E-state index contributed by atoms with van der Waals surface area (Å²) in [5.41, 5.74) is 2.80. The number of likely N-dealkylation sites (N-methyl/N-ethyl adjacent to an activating group) is 2. The molecule has 9 atom stereocenters. The summed E-state index contributed by atoms with van der Waals surface area (Å²) in [7, 11) is 4.80. The minimum atomic E-state index is -2.05. The Balaban J connectivity index is 0.799. The van der Waals surface area contributed by atoms with Gasteiger partial charge >= 0.3 is 18.0 Å². The van der Waals surface area contributed by atoms with E-state index in [9.17, 15) is 78.3 Å². The number of aliphatic hydroxyl groups excluding tert-OH is 3. The Bertz CT molecular complexity index is 4870. The SMILES string of the molecule is CNC(C(=O)NC(C(=O)N(C)C(/C=C(\C)C(=O)O)C(C)C)C(C)(C)C)C(C)(C)c1cccc(NC(=O)OCc2ccc(OC3OC(C(=O)O)C(O)C(O)C3O)c(CNC(=O)CCNC(=O)C(CNC(=O)CCOCCOCCOCCOCCOCCOCCOCCOCCOCCOCCOCCOC)NC(=O)C3CCC4(CC3)CCN(C(=O)CCCCC(=O)N3Cc5ccccc5C#Cc5ccccc53)CC4)c2)c1. The number of fused-ring (bicyclic) bond motifs is 2. The van der Waals surface area contributed by atoms with E-state index in [2.05, 4.69) is 49.1 Å². The van der Waals surface area contributed by atoms with Crippen LogP contribution in [0.25, 0.3) is 0 Å². The predicted molar refractivity (Wildman–Crippen MR) is 540 cm³/mol. The maximum Gasteiger partial charge on any atom is 0.411 e. The minimum absolute atomic E-state index is 0.00173. The standard InChI is InChI=1S/C106H156N10O31/c1-72(2)84(65-73(3)100(128)129)114(10)99(127)95(104(4,5)6)113-98(126)94(107-9)105(7,8)80-22-18-23-81(67-80)111-103(132)145-71-74-27-30-85(146-102-92(123)90(121)91(122)93(147-102)101(130)131)79(66-74)68-109-86(117)33-39-108-97(125)82(69-110-87(118)34-42-134-45-46-136-49-50-138-53-54-140-57-58-142-61-62-144-64-63-143-60-59-141-56-55-139-52-51-137-48-47-135-44-43-133-11)112-96(124)77-31-35-106(36-32-77)37-40-115(41-38-106)88(119)25-16-17-26-89(120)116-70-78-21-13-12-19-75(78)28-29-76-20-14-15-24-83(76)116/h12-15,18-24,27,30,65-67,72,77,82,84,90-95,102,107,121-123H,16-17,25-26,31-64,68-71H2,1-11H3,(H,108,125)(H,109,117)(H,110,118)(H,111,132)(H,112,124)(H,113,126)(H,128,129)(H,130,131)/b73-65+. The third-order valence-corrected chi connectivity index (χ3v) is 26.0. The highest BCUT2D eigenvalue weighted by molar-refractivity contribution is 5.96. The summed E-state index contributed by atoms with van der Waals surface area (Å²) in [6.45, 7) is 23.3. The van der Waals surface area contributed by atoms with Gasteiger partial charge < -0.3 is 143 Å². The number of unbranched alkanes of at least 4 members (excludes halogenated alkanes) is 1. The first kappa shape index (κ1) is 121. The van der Waals surface area contributed by atoms with Crippen molar-refractivity contribution in [3.8, 4) is 17.6 Å². The van der Waals surface area contributed by atoms with E-state index in [0.29, 0.717) is 201 Å². The van der Waals surface area contributed by atoms with E-state index >= 15 is 0 Å². The summed E-state index contributed by atoms with van der Waals surface area (Å²) < 4.78 is 82.9. The van der Waals surface area contributed by atoms with Gasteiger partial charge in [-0.2, -0.15) is 0 Å². The molecule has 9 unspecified atom stereocenters. The van der Waals surface area contributed by atoms with E-state index in [1.807, 2.05) is 102 Å². The molecule has 1 aliphatic carbocycles. The molecule has 9 amide bonds. The van der Waals surface area contributed by atoms with Crippen molar-refractivity contribution in [2.24, 2.45) is 22.7 Å². The average molecular weight is 2070 g/mol. The molecule has 8 rings (SSSR count). The Morgan fingerprint density at radius 2 is 1.10 bits per heavy atom. The van der Waals surface area contributed by atoms with Gasteiger partial charge in [0, 0.05) is 112 Å². The molecule has 4 aliphatic rings. The molecular weight excluding hydrogens is 1910 g/mol. The molecular formula is C106H156N10O31. The number of amides is 9. The number of nitrogens with one attached hydrogen (secondary N) is 7. The minimum Gasteiger partial charge on any atom is -0.479 e. The van der Waals surface area contributed by atoms with Crippen LogP contribution in [0.5, 0.6) is 5.75 Å². The number of rotatable bonds is 67. The van der Waals surface area contributed by atoms with E-state index in [1.54, 1.807) is 50.4 Å². The van der Waals surface area contributed by atoms with Gasteiger partial charge in [-0.25, -0.2) is 14.4 Å². The number of hydrogen-bond donors (Lipinski definition) is 12. The first-order valence-corrected chi connectivity index (χ1v) is 50.7. The van der Waals surface area contributed by atoms with E-state index in [-0.39, 0.29) is 111 Å². The first-order valence-electron chi connectivity index (χ1n) is 50.7. The number of carbonyl (C=O) groups is 11. The average Bonchev–Trinajstić information content (AvgIpc) is 0.826. The third kappa shape index (κ3) is 41.6. The van der Waals surface area contributed by atoms with Gasteiger partial charge in [-0.1, -0.05) is 115 Å². The van der Waals surface area contributed by atoms with Gasteiger partial charge in [-0.15, -0.1) is 0 Å². The number of nitrogens with zero attached hydrogens (tertiary/aromatic N) is 3. The zero-order chi connectivity index (χ0) is 107. The molecule has 0 bridgehead atoms. The summed E-state index contributed by atoms with van der Waals surface area (Å²) in [5, 5.41) is 71.6. The van der Waals surface area contributed by atoms with Gasteiger partial charge in [0.05, 0.1) is 176 Å². The molecule has 3 heterocycles. The smallest absolute Gasteiger partial charge is 0.411 e. The second kappa shape index (κ2) is 64.6. The zero-order valence-electron chi connectivity index (χ0n) is 87.0. The molecule has 4 aromatic rings. The van der Waals surface area contributed by atoms with Crippen molar-refractivity contribution in [1.82, 2.24) is 41.7 Å². The monoisotopic (exact) mass is 2070 g/mol. The van der Waals surface area contributed by atoms with E-state index < -0.39 is 132 Å². The molecule has 41 heteroatoms. The normalized spacial score (nSPS) is 17.6. The fourth-order valence-corrected chi connectivity index (χ4v) is 17.2. The topological polar surface area (TPSA) is 521 Å². The van der Waals surface area contributed by atoms with Crippen molar-refractivity contribution in [1.29, 1.82) is 0 Å². The Morgan fingerprint density at radius 3 is 1.65 bits per heavy atom. The zero-order valence-corrected chi connectivity index (χ0v) is 87.0. The van der Waals surface area contributed by atoms with Crippen LogP contribution in [0.15, 0.2) is 103 Å². The fourth-order valence-electron chi connectivity index (χ4n) is 17.2. The molecule has 0 radical (unpaired) electrons. The lowest BCUT2D eigenvalue weighted by molar-refractivity contribution is -0.271. The van der Waals surface area contributed by atoms with E-state index in [0.717, 1.165) is 35.2 Å². The molecule has 0 aromatic heterocycles. The molecule has 3 fully saturated rings. The van der Waals surface area contributed by atoms with Crippen LogP contribution in [-0.4, -0.2) is 355 Å². The molecule has 4 aromatic carbocycles. The number of carbonyl (C=O) groups excluding carboxylic acids is 9. The third-order valence-electron chi connectivity index (χ3n) is 26.0. The lowest BCUT2D eigenvalue weighted by Gasteiger charge is -2.45. The van der Waals surface area contributed by atoms with Crippen LogP contribution in [-0.2, 0) is 139 Å². The summed E-state index contributed by atoms with van der Waals surface area (Å²) in [6.07, 6.45) is -4.34. The van der Waals surface area contributed by atoms with Crippen molar-refractivity contribution >= 4 is 76.7 Å². The lowest BCUT2D eigenvalue weighted by atomic mass is 9.65. The maximum absolute atomic E-state index is 14.5. The quantitative estimate of drug-likeness (QED) is 0.0140. The molecule has 816 valence electrons. The number of methoxy groups -OCH3 is 1. The Morgan fingerprint density at radius 1 is 0.571 bits per heavy atom. The van der Waals surface area contributed by atoms with Gasteiger partial charge in [0.1, 0.15) is 42.8 Å². The number of piperidine rings is 1. The van der Waals surface area contributed by atoms with Gasteiger partial charge in [-0.05, 0) is 141 Å². The highest BCUT2D eigenvalue weighted by atomic mass is 16.7. The van der Waals surface area contributed by atoms with E-state index in [4.69, 9.17) is 71.1 Å². The number of likely N-dealkylation sites (tertiary alicyclic amines) is 1. The van der Waals surface area contributed by atoms with Crippen molar-refractivity contribution in [2.75, 3.05) is 210 Å². The lowest BCUT2D eigenvalue weighted by Crippen LogP contribution is -2.61. The summed E-state index contributed by atoms with van der Waals surface area (Å²) in [4.78, 5) is 155. The Labute approximate surface area is 861 Å². The Hall–Kier alpha value is -10.7. The van der Waals surface area contributed by atoms with Crippen LogP contribution in [0, 0.1) is 34.5 Å².